The molecule has 4 heteroatoms. The lowest BCUT2D eigenvalue weighted by molar-refractivity contribution is -0.184. The molecule has 1 heterocycles. The minimum absolute atomic E-state index is 0.0827. The molecule has 1 aromatic rings. The van der Waals surface area contributed by atoms with E-state index < -0.39 is 0 Å². The molecule has 2 spiro atoms. The average molecular weight is 351 g/mol. The molecule has 0 bridgehead atoms. The second kappa shape index (κ2) is 4.64. The van der Waals surface area contributed by atoms with Gasteiger partial charge in [0.2, 0.25) is 0 Å². The lowest BCUT2D eigenvalue weighted by atomic mass is 9.68. The Labute approximate surface area is 133 Å². The number of carbonyl (C=O) groups is 1. The van der Waals surface area contributed by atoms with Gasteiger partial charge in [-0.3, -0.25) is 4.79 Å². The van der Waals surface area contributed by atoms with Gasteiger partial charge in [-0.15, -0.1) is 0 Å². The summed E-state index contributed by atoms with van der Waals surface area (Å²) in [5.41, 5.74) is 3.18. The van der Waals surface area contributed by atoms with Crippen LogP contribution in [0.1, 0.15) is 47.2 Å². The number of ether oxygens (including phenoxy) is 2. The van der Waals surface area contributed by atoms with Crippen LogP contribution in [-0.2, 0) is 14.9 Å². The maximum Gasteiger partial charge on any atom is 0.177 e. The quantitative estimate of drug-likeness (QED) is 0.671. The fourth-order valence-electron chi connectivity index (χ4n) is 4.21. The smallest absolute Gasteiger partial charge is 0.177 e. The van der Waals surface area contributed by atoms with E-state index in [0.717, 1.165) is 36.8 Å². The van der Waals surface area contributed by atoms with E-state index in [-0.39, 0.29) is 21.8 Å². The van der Waals surface area contributed by atoms with Crippen LogP contribution in [0.25, 0.3) is 0 Å². The standard InChI is InChI=1S/C17H19BrO3/c1-11-2-3-13-12(10-11)14(19)15(18)16(13)4-6-17(7-5-16)20-8-9-21-17/h2-3,10,15H,4-9H2,1H3. The van der Waals surface area contributed by atoms with Crippen molar-refractivity contribution in [2.45, 2.75) is 48.6 Å². The molecule has 1 aromatic carbocycles. The van der Waals surface area contributed by atoms with Crippen molar-refractivity contribution >= 4 is 21.7 Å². The summed E-state index contributed by atoms with van der Waals surface area (Å²) in [7, 11) is 0. The lowest BCUT2D eigenvalue weighted by Crippen LogP contribution is -2.45. The monoisotopic (exact) mass is 350 g/mol. The van der Waals surface area contributed by atoms with Crippen LogP contribution in [0.5, 0.6) is 0 Å². The van der Waals surface area contributed by atoms with Gasteiger partial charge in [0.15, 0.2) is 11.6 Å². The summed E-state index contributed by atoms with van der Waals surface area (Å²) in [6.07, 6.45) is 3.61. The van der Waals surface area contributed by atoms with Crippen LogP contribution < -0.4 is 0 Å². The predicted octanol–water partition coefficient (Wildman–Crippen LogP) is 3.51. The Morgan fingerprint density at radius 1 is 1.14 bits per heavy atom. The number of Topliss-reactive ketones (excluding diaryl/α,β-unsaturated/α-hetero) is 1. The fourth-order valence-corrected chi connectivity index (χ4v) is 5.16. The Balaban J connectivity index is 1.71. The first kappa shape index (κ1) is 13.9. The summed E-state index contributed by atoms with van der Waals surface area (Å²) in [5, 5.41) is 0. The predicted molar refractivity (Wildman–Crippen MR) is 83.0 cm³/mol. The van der Waals surface area contributed by atoms with Gasteiger partial charge in [0, 0.05) is 23.8 Å². The number of ketones is 1. The zero-order valence-electron chi connectivity index (χ0n) is 12.2. The van der Waals surface area contributed by atoms with Gasteiger partial charge < -0.3 is 9.47 Å². The number of fused-ring (bicyclic) bond motifs is 2. The second-order valence-corrected chi connectivity index (χ2v) is 7.46. The fraction of sp³-hybridized carbons (Fsp3) is 0.588. The van der Waals surface area contributed by atoms with E-state index in [1.807, 2.05) is 13.0 Å². The highest BCUT2D eigenvalue weighted by Gasteiger charge is 2.55. The first-order valence-corrected chi connectivity index (χ1v) is 8.55. The van der Waals surface area contributed by atoms with Gasteiger partial charge in [0.25, 0.3) is 0 Å². The topological polar surface area (TPSA) is 35.5 Å². The highest BCUT2D eigenvalue weighted by atomic mass is 79.9. The molecule has 3 aliphatic rings. The summed E-state index contributed by atoms with van der Waals surface area (Å²) in [6.45, 7) is 3.43. The Kier molecular flexibility index (Phi) is 3.08. The van der Waals surface area contributed by atoms with Crippen LogP contribution in [-0.4, -0.2) is 29.6 Å². The van der Waals surface area contributed by atoms with Crippen LogP contribution in [0, 0.1) is 6.92 Å². The van der Waals surface area contributed by atoms with Crippen molar-refractivity contribution in [1.82, 2.24) is 0 Å². The molecule has 0 radical (unpaired) electrons. The maximum atomic E-state index is 12.6. The molecule has 2 fully saturated rings. The zero-order chi connectivity index (χ0) is 14.7. The van der Waals surface area contributed by atoms with Crippen LogP contribution >= 0.6 is 15.9 Å². The van der Waals surface area contributed by atoms with E-state index in [2.05, 4.69) is 28.1 Å². The van der Waals surface area contributed by atoms with E-state index in [0.29, 0.717) is 13.2 Å². The van der Waals surface area contributed by atoms with Crippen LogP contribution in [0.4, 0.5) is 0 Å². The molecule has 0 N–H and O–H groups in total. The summed E-state index contributed by atoms with van der Waals surface area (Å²) >= 11 is 3.69. The molecule has 1 unspecified atom stereocenters. The third-order valence-electron chi connectivity index (χ3n) is 5.41. The molecule has 1 aliphatic heterocycles. The number of rotatable bonds is 0. The minimum atomic E-state index is -0.380. The van der Waals surface area contributed by atoms with Crippen molar-refractivity contribution in [2.75, 3.05) is 13.2 Å². The van der Waals surface area contributed by atoms with Gasteiger partial charge in [0.1, 0.15) is 0 Å². The zero-order valence-corrected chi connectivity index (χ0v) is 13.7. The summed E-state index contributed by atoms with van der Waals surface area (Å²) < 4.78 is 11.7. The highest BCUT2D eigenvalue weighted by molar-refractivity contribution is 9.10. The lowest BCUT2D eigenvalue weighted by Gasteiger charge is -2.43. The third-order valence-corrected chi connectivity index (χ3v) is 6.70. The van der Waals surface area contributed by atoms with Crippen molar-refractivity contribution in [3.8, 4) is 0 Å². The summed E-state index contributed by atoms with van der Waals surface area (Å²) in [6, 6.07) is 6.30. The van der Waals surface area contributed by atoms with Gasteiger partial charge in [-0.05, 0) is 31.4 Å². The molecule has 1 saturated carbocycles. The number of hydrogen-bond donors (Lipinski definition) is 0. The molecular weight excluding hydrogens is 332 g/mol. The maximum absolute atomic E-state index is 12.6. The molecule has 0 amide bonds. The van der Waals surface area contributed by atoms with Crippen LogP contribution in [0.2, 0.25) is 0 Å². The Bertz CT molecular complexity index is 594. The van der Waals surface area contributed by atoms with Crippen molar-refractivity contribution in [1.29, 1.82) is 0 Å². The number of alkyl halides is 1. The van der Waals surface area contributed by atoms with Gasteiger partial charge in [-0.25, -0.2) is 0 Å². The van der Waals surface area contributed by atoms with E-state index >= 15 is 0 Å². The van der Waals surface area contributed by atoms with Gasteiger partial charge in [0.05, 0.1) is 18.0 Å². The molecular formula is C17H19BrO3. The SMILES string of the molecule is Cc1ccc2c(c1)C(=O)C(Br)C21CCC2(CC1)OCCO2. The molecule has 112 valence electrons. The van der Waals surface area contributed by atoms with E-state index in [1.165, 1.54) is 5.56 Å². The third kappa shape index (κ3) is 1.89. The molecule has 21 heavy (non-hydrogen) atoms. The van der Waals surface area contributed by atoms with Crippen molar-refractivity contribution in [2.24, 2.45) is 0 Å². The second-order valence-electron chi connectivity index (χ2n) is 6.54. The number of benzene rings is 1. The number of halogens is 1. The normalized spacial score (nSPS) is 29.2. The first-order valence-electron chi connectivity index (χ1n) is 7.64. The number of carbonyl (C=O) groups excluding carboxylic acids is 1. The van der Waals surface area contributed by atoms with Gasteiger partial charge in [-0.1, -0.05) is 33.6 Å². The van der Waals surface area contributed by atoms with E-state index in [4.69, 9.17) is 9.47 Å². The van der Waals surface area contributed by atoms with Crippen molar-refractivity contribution in [3.63, 3.8) is 0 Å². The molecule has 3 nitrogen and oxygen atoms in total. The first-order chi connectivity index (χ1) is 10.1. The average Bonchev–Trinajstić information content (AvgIpc) is 3.02. The Hall–Kier alpha value is -0.710. The van der Waals surface area contributed by atoms with Gasteiger partial charge in [-0.2, -0.15) is 0 Å². The Morgan fingerprint density at radius 2 is 1.81 bits per heavy atom. The van der Waals surface area contributed by atoms with E-state index in [1.54, 1.807) is 0 Å². The van der Waals surface area contributed by atoms with Gasteiger partial charge >= 0.3 is 0 Å². The van der Waals surface area contributed by atoms with E-state index in [9.17, 15) is 4.79 Å². The summed E-state index contributed by atoms with van der Waals surface area (Å²) in [5.74, 6) is -0.146. The Morgan fingerprint density at radius 3 is 2.48 bits per heavy atom. The minimum Gasteiger partial charge on any atom is -0.348 e. The largest absolute Gasteiger partial charge is 0.348 e. The van der Waals surface area contributed by atoms with Crippen molar-refractivity contribution < 1.29 is 14.3 Å². The molecule has 2 aliphatic carbocycles. The molecule has 4 rings (SSSR count). The van der Waals surface area contributed by atoms with Crippen LogP contribution in [0.3, 0.4) is 0 Å². The number of aryl methyl sites for hydroxylation is 1. The van der Waals surface area contributed by atoms with Crippen molar-refractivity contribution in [3.05, 3.63) is 34.9 Å². The number of hydrogen-bond acceptors (Lipinski definition) is 3. The molecule has 1 saturated heterocycles. The summed E-state index contributed by atoms with van der Waals surface area (Å²) in [4.78, 5) is 12.5. The molecule has 0 aromatic heterocycles. The molecule has 1 atom stereocenters. The highest BCUT2D eigenvalue weighted by Crippen LogP contribution is 2.54. The van der Waals surface area contributed by atoms with Crippen LogP contribution in [0.15, 0.2) is 18.2 Å².